The Morgan fingerprint density at radius 2 is 1.93 bits per heavy atom. The van der Waals surface area contributed by atoms with Crippen LogP contribution in [0.25, 0.3) is 0 Å². The lowest BCUT2D eigenvalue weighted by Crippen LogP contribution is -2.40. The van der Waals surface area contributed by atoms with Crippen molar-refractivity contribution in [3.8, 4) is 0 Å². The van der Waals surface area contributed by atoms with Gasteiger partial charge in [-0.1, -0.05) is 43.3 Å². The maximum Gasteiger partial charge on any atom is 0.0274 e. The van der Waals surface area contributed by atoms with Gasteiger partial charge in [0.1, 0.15) is 0 Å². The zero-order valence-corrected chi connectivity index (χ0v) is 11.3. The summed E-state index contributed by atoms with van der Waals surface area (Å²) in [4.78, 5) is 2.31. The average Bonchev–Trinajstić information content (AvgIpc) is 2.25. The summed E-state index contributed by atoms with van der Waals surface area (Å²) in [7, 11) is 0. The van der Waals surface area contributed by atoms with Gasteiger partial charge in [0.2, 0.25) is 0 Å². The fraction of sp³-hybridized carbons (Fsp3) is 0.917. The Hall–Kier alpha value is 0.110. The first-order chi connectivity index (χ1) is 7.25. The van der Waals surface area contributed by atoms with Crippen molar-refractivity contribution < 1.29 is 0 Å². The second-order valence-corrected chi connectivity index (χ2v) is 5.49. The molecule has 0 unspecified atom stereocenters. The van der Waals surface area contributed by atoms with Crippen molar-refractivity contribution in [3.05, 3.63) is 0 Å². The van der Waals surface area contributed by atoms with E-state index in [1.54, 1.807) is 0 Å². The highest BCUT2D eigenvalue weighted by Crippen LogP contribution is 2.23. The molecule has 0 amide bonds. The SMILES string of the molecule is CCCCCN(C(=S)[S-])C1CCCCC1. The molecule has 15 heavy (non-hydrogen) atoms. The molecule has 1 aliphatic rings. The average molecular weight is 244 g/mol. The van der Waals surface area contributed by atoms with Crippen molar-refractivity contribution in [1.82, 2.24) is 4.90 Å². The van der Waals surface area contributed by atoms with Crippen molar-refractivity contribution in [2.45, 2.75) is 64.3 Å². The van der Waals surface area contributed by atoms with Crippen LogP contribution in [-0.4, -0.2) is 21.8 Å². The van der Waals surface area contributed by atoms with Crippen LogP contribution in [0.15, 0.2) is 0 Å². The third kappa shape index (κ3) is 4.64. The minimum Gasteiger partial charge on any atom is -0.411 e. The summed E-state index contributed by atoms with van der Waals surface area (Å²) in [6, 6.07) is 0.653. The Labute approximate surface area is 105 Å². The lowest BCUT2D eigenvalue weighted by Gasteiger charge is -2.38. The fourth-order valence-corrected chi connectivity index (χ4v) is 2.83. The predicted octanol–water partition coefficient (Wildman–Crippen LogP) is 3.64. The van der Waals surface area contributed by atoms with E-state index in [1.165, 1.54) is 51.4 Å². The number of unbranched alkanes of at least 4 members (excludes halogenated alkanes) is 2. The van der Waals surface area contributed by atoms with Gasteiger partial charge < -0.3 is 29.7 Å². The van der Waals surface area contributed by atoms with Gasteiger partial charge >= 0.3 is 0 Å². The Morgan fingerprint density at radius 1 is 1.27 bits per heavy atom. The third-order valence-electron chi connectivity index (χ3n) is 3.25. The molecule has 1 saturated carbocycles. The third-order valence-corrected chi connectivity index (χ3v) is 3.72. The Morgan fingerprint density at radius 3 is 2.47 bits per heavy atom. The monoisotopic (exact) mass is 244 g/mol. The highest BCUT2D eigenvalue weighted by Gasteiger charge is 2.18. The zero-order valence-electron chi connectivity index (χ0n) is 9.71. The molecule has 88 valence electrons. The van der Waals surface area contributed by atoms with Crippen LogP contribution in [0.4, 0.5) is 0 Å². The molecule has 0 radical (unpaired) electrons. The molecule has 1 rings (SSSR count). The molecule has 0 aliphatic heterocycles. The molecule has 0 spiro atoms. The molecule has 0 N–H and O–H groups in total. The van der Waals surface area contributed by atoms with Crippen LogP contribution >= 0.6 is 12.2 Å². The van der Waals surface area contributed by atoms with Gasteiger partial charge in [-0.25, -0.2) is 0 Å². The summed E-state index contributed by atoms with van der Waals surface area (Å²) in [5.74, 6) is 0. The standard InChI is InChI=1S/C12H23NS2/c1-2-3-7-10-13(12(14)15)11-8-5-4-6-9-11/h11H,2-10H2,1H3,(H,14,15)/p-1. The quantitative estimate of drug-likeness (QED) is 0.413. The second kappa shape index (κ2) is 7.39. The summed E-state index contributed by atoms with van der Waals surface area (Å²) in [6.45, 7) is 3.32. The molecule has 0 saturated heterocycles. The molecule has 3 heteroatoms. The summed E-state index contributed by atoms with van der Waals surface area (Å²) >= 11 is 10.4. The maximum atomic E-state index is 5.19. The van der Waals surface area contributed by atoms with E-state index in [9.17, 15) is 0 Å². The molecule has 0 aromatic heterocycles. The number of hydrogen-bond donors (Lipinski definition) is 0. The van der Waals surface area contributed by atoms with Gasteiger partial charge in [0, 0.05) is 12.6 Å². The first kappa shape index (κ1) is 13.2. The van der Waals surface area contributed by atoms with Crippen LogP contribution < -0.4 is 0 Å². The Bertz CT molecular complexity index is 188. The lowest BCUT2D eigenvalue weighted by molar-refractivity contribution is 0.247. The molecule has 0 aromatic rings. The molecular weight excluding hydrogens is 222 g/mol. The zero-order chi connectivity index (χ0) is 11.1. The minimum absolute atomic E-state index is 0.653. The van der Waals surface area contributed by atoms with Crippen LogP contribution in [0.3, 0.4) is 0 Å². The Balaban J connectivity index is 2.37. The van der Waals surface area contributed by atoms with Crippen LogP contribution in [0.2, 0.25) is 0 Å². The van der Waals surface area contributed by atoms with E-state index in [-0.39, 0.29) is 0 Å². The maximum absolute atomic E-state index is 5.19. The van der Waals surface area contributed by atoms with Gasteiger partial charge in [-0.15, -0.1) is 0 Å². The van der Waals surface area contributed by atoms with Crippen molar-refractivity contribution in [2.75, 3.05) is 6.54 Å². The number of thiocarbonyl (C=S) groups is 1. The summed E-state index contributed by atoms with van der Waals surface area (Å²) in [6.07, 6.45) is 10.5. The summed E-state index contributed by atoms with van der Waals surface area (Å²) in [5, 5.41) is 0. The number of hydrogen-bond acceptors (Lipinski definition) is 2. The molecule has 0 aromatic carbocycles. The van der Waals surface area contributed by atoms with Crippen LogP contribution in [-0.2, 0) is 12.6 Å². The largest absolute Gasteiger partial charge is 0.411 e. The van der Waals surface area contributed by atoms with E-state index in [1.807, 2.05) is 0 Å². The fourth-order valence-electron chi connectivity index (χ4n) is 2.35. The van der Waals surface area contributed by atoms with Gasteiger partial charge in [0.15, 0.2) is 0 Å². The molecule has 0 heterocycles. The smallest absolute Gasteiger partial charge is 0.0274 e. The van der Waals surface area contributed by atoms with Crippen molar-refractivity contribution >= 4 is 29.2 Å². The van der Waals surface area contributed by atoms with Crippen molar-refractivity contribution in [2.24, 2.45) is 0 Å². The number of nitrogens with zero attached hydrogens (tertiary/aromatic N) is 1. The van der Waals surface area contributed by atoms with E-state index < -0.39 is 0 Å². The summed E-state index contributed by atoms with van der Waals surface area (Å²) in [5.41, 5.74) is 0. The molecule has 1 nitrogen and oxygen atoms in total. The summed E-state index contributed by atoms with van der Waals surface area (Å²) < 4.78 is 0.693. The highest BCUT2D eigenvalue weighted by atomic mass is 32.1. The minimum atomic E-state index is 0.653. The first-order valence-electron chi connectivity index (χ1n) is 6.23. The highest BCUT2D eigenvalue weighted by molar-refractivity contribution is 8.00. The molecule has 1 aliphatic carbocycles. The van der Waals surface area contributed by atoms with Crippen LogP contribution in [0.1, 0.15) is 58.3 Å². The predicted molar refractivity (Wildman–Crippen MR) is 73.1 cm³/mol. The van der Waals surface area contributed by atoms with Crippen LogP contribution in [0, 0.1) is 0 Å². The van der Waals surface area contributed by atoms with E-state index in [0.29, 0.717) is 10.4 Å². The van der Waals surface area contributed by atoms with Gasteiger partial charge in [0.25, 0.3) is 0 Å². The molecule has 0 atom stereocenters. The van der Waals surface area contributed by atoms with Gasteiger partial charge in [-0.05, 0) is 19.3 Å². The van der Waals surface area contributed by atoms with Crippen LogP contribution in [0.5, 0.6) is 0 Å². The van der Waals surface area contributed by atoms with E-state index in [4.69, 9.17) is 24.8 Å². The second-order valence-electron chi connectivity index (χ2n) is 4.46. The van der Waals surface area contributed by atoms with E-state index in [2.05, 4.69) is 11.8 Å². The topological polar surface area (TPSA) is 3.24 Å². The van der Waals surface area contributed by atoms with Crippen molar-refractivity contribution in [1.29, 1.82) is 0 Å². The molecular formula is C12H22NS2-. The van der Waals surface area contributed by atoms with Crippen molar-refractivity contribution in [3.63, 3.8) is 0 Å². The molecule has 0 bridgehead atoms. The van der Waals surface area contributed by atoms with Gasteiger partial charge in [-0.2, -0.15) is 0 Å². The van der Waals surface area contributed by atoms with Gasteiger partial charge in [-0.3, -0.25) is 0 Å². The number of rotatable bonds is 5. The van der Waals surface area contributed by atoms with E-state index >= 15 is 0 Å². The normalized spacial score (nSPS) is 17.7. The Kier molecular flexibility index (Phi) is 6.50. The first-order valence-corrected chi connectivity index (χ1v) is 7.05. The molecule has 1 fully saturated rings. The van der Waals surface area contributed by atoms with Gasteiger partial charge in [0.05, 0.1) is 0 Å². The lowest BCUT2D eigenvalue weighted by atomic mass is 9.94. The van der Waals surface area contributed by atoms with E-state index in [0.717, 1.165) is 6.54 Å².